The van der Waals surface area contributed by atoms with E-state index < -0.39 is 0 Å². The molecule has 0 aliphatic rings. The van der Waals surface area contributed by atoms with E-state index in [1.165, 1.54) is 11.1 Å². The zero-order chi connectivity index (χ0) is 13.2. The number of thioether (sulfide) groups is 1. The second kappa shape index (κ2) is 11.4. The first-order valence-electron chi connectivity index (χ1n) is 6.39. The van der Waals surface area contributed by atoms with E-state index in [0.29, 0.717) is 0 Å². The number of nitrogens with zero attached hydrogens (tertiary/aromatic N) is 1. The van der Waals surface area contributed by atoms with E-state index in [-0.39, 0.29) is 24.0 Å². The third kappa shape index (κ3) is 7.67. The van der Waals surface area contributed by atoms with Crippen LogP contribution in [0.5, 0.6) is 0 Å². The first-order valence-corrected chi connectivity index (χ1v) is 7.78. The van der Waals surface area contributed by atoms with E-state index in [0.717, 1.165) is 31.3 Å². The van der Waals surface area contributed by atoms with Crippen LogP contribution in [0.4, 0.5) is 0 Å². The lowest BCUT2D eigenvalue weighted by atomic mass is 10.1. The van der Waals surface area contributed by atoms with Crippen LogP contribution in [0.2, 0.25) is 0 Å². The first-order chi connectivity index (χ1) is 8.80. The number of benzene rings is 1. The van der Waals surface area contributed by atoms with E-state index >= 15 is 0 Å². The number of halogens is 1. The Morgan fingerprint density at radius 2 is 1.79 bits per heavy atom. The van der Waals surface area contributed by atoms with Crippen LogP contribution in [-0.4, -0.2) is 25.3 Å². The standard InChI is InChI=1S/C14H23N3S.HI/c1-4-15-14(16-5-2)17-10-12-7-6-8-13(9-12)11-18-3;/h6-9H,4-5,10-11H2,1-3H3,(H2,15,16,17);1H. The minimum atomic E-state index is 0. The van der Waals surface area contributed by atoms with Crippen molar-refractivity contribution in [3.8, 4) is 0 Å². The fourth-order valence-electron chi connectivity index (χ4n) is 1.66. The second-order valence-corrected chi connectivity index (χ2v) is 4.84. The van der Waals surface area contributed by atoms with Crippen molar-refractivity contribution in [1.29, 1.82) is 0 Å². The zero-order valence-corrected chi connectivity index (χ0v) is 15.0. The molecule has 2 N–H and O–H groups in total. The molecule has 3 nitrogen and oxygen atoms in total. The molecule has 0 atom stereocenters. The Morgan fingerprint density at radius 1 is 1.16 bits per heavy atom. The van der Waals surface area contributed by atoms with Crippen molar-refractivity contribution in [1.82, 2.24) is 10.6 Å². The number of rotatable bonds is 6. The molecular formula is C14H24IN3S. The van der Waals surface area contributed by atoms with Crippen molar-refractivity contribution in [3.63, 3.8) is 0 Å². The highest BCUT2D eigenvalue weighted by Gasteiger charge is 1.97. The van der Waals surface area contributed by atoms with Crippen LogP contribution in [0.1, 0.15) is 25.0 Å². The molecule has 0 aliphatic heterocycles. The maximum Gasteiger partial charge on any atom is 0.191 e. The minimum absolute atomic E-state index is 0. The van der Waals surface area contributed by atoms with Gasteiger partial charge in [0.1, 0.15) is 0 Å². The topological polar surface area (TPSA) is 36.4 Å². The van der Waals surface area contributed by atoms with Gasteiger partial charge in [-0.25, -0.2) is 4.99 Å². The summed E-state index contributed by atoms with van der Waals surface area (Å²) in [5.41, 5.74) is 2.62. The Labute approximate surface area is 138 Å². The monoisotopic (exact) mass is 393 g/mol. The van der Waals surface area contributed by atoms with Crippen molar-refractivity contribution in [2.75, 3.05) is 19.3 Å². The van der Waals surface area contributed by atoms with Gasteiger partial charge >= 0.3 is 0 Å². The molecule has 5 heteroatoms. The molecule has 0 heterocycles. The predicted molar refractivity (Wildman–Crippen MR) is 97.6 cm³/mol. The van der Waals surface area contributed by atoms with Crippen LogP contribution >= 0.6 is 35.7 Å². The summed E-state index contributed by atoms with van der Waals surface area (Å²) in [6.07, 6.45) is 2.12. The highest BCUT2D eigenvalue weighted by atomic mass is 127. The average molecular weight is 393 g/mol. The lowest BCUT2D eigenvalue weighted by molar-refractivity contribution is 0.839. The molecule has 1 aromatic carbocycles. The van der Waals surface area contributed by atoms with E-state index in [1.54, 1.807) is 0 Å². The molecule has 19 heavy (non-hydrogen) atoms. The van der Waals surface area contributed by atoms with Gasteiger partial charge in [-0.15, -0.1) is 24.0 Å². The molecule has 0 saturated heterocycles. The number of nitrogens with one attached hydrogen (secondary N) is 2. The molecule has 0 aliphatic carbocycles. The highest BCUT2D eigenvalue weighted by Crippen LogP contribution is 2.11. The van der Waals surface area contributed by atoms with Crippen LogP contribution in [0.3, 0.4) is 0 Å². The number of hydrogen-bond acceptors (Lipinski definition) is 2. The second-order valence-electron chi connectivity index (χ2n) is 3.98. The molecule has 0 fully saturated rings. The number of hydrogen-bond donors (Lipinski definition) is 2. The van der Waals surface area contributed by atoms with Gasteiger partial charge < -0.3 is 10.6 Å². The summed E-state index contributed by atoms with van der Waals surface area (Å²) >= 11 is 1.84. The van der Waals surface area contributed by atoms with Gasteiger partial charge in [-0.1, -0.05) is 24.3 Å². The predicted octanol–water partition coefficient (Wildman–Crippen LogP) is 3.24. The lowest BCUT2D eigenvalue weighted by Gasteiger charge is -2.09. The maximum atomic E-state index is 4.56. The zero-order valence-electron chi connectivity index (χ0n) is 11.9. The Morgan fingerprint density at radius 3 is 2.37 bits per heavy atom. The maximum absolute atomic E-state index is 4.56. The van der Waals surface area contributed by atoms with Gasteiger partial charge in [-0.3, -0.25) is 0 Å². The van der Waals surface area contributed by atoms with E-state index in [9.17, 15) is 0 Å². The Kier molecular flexibility index (Phi) is 11.1. The van der Waals surface area contributed by atoms with Gasteiger partial charge in [0.25, 0.3) is 0 Å². The van der Waals surface area contributed by atoms with Gasteiger partial charge in [0, 0.05) is 18.8 Å². The molecule has 0 unspecified atom stereocenters. The molecule has 0 spiro atoms. The molecule has 0 bridgehead atoms. The molecular weight excluding hydrogens is 369 g/mol. The van der Waals surface area contributed by atoms with Crippen LogP contribution in [0, 0.1) is 0 Å². The van der Waals surface area contributed by atoms with Gasteiger partial charge in [0.15, 0.2) is 5.96 Å². The third-order valence-corrected chi connectivity index (χ3v) is 3.03. The summed E-state index contributed by atoms with van der Waals surface area (Å²) in [5.74, 6) is 1.94. The van der Waals surface area contributed by atoms with Crippen LogP contribution in [0.15, 0.2) is 29.3 Å². The average Bonchev–Trinajstić information content (AvgIpc) is 2.37. The van der Waals surface area contributed by atoms with Gasteiger partial charge in [0.2, 0.25) is 0 Å². The summed E-state index contributed by atoms with van der Waals surface area (Å²) in [6, 6.07) is 8.63. The Balaban J connectivity index is 0.00000324. The molecule has 0 radical (unpaired) electrons. The first kappa shape index (κ1) is 18.6. The molecule has 0 aromatic heterocycles. The smallest absolute Gasteiger partial charge is 0.191 e. The SMILES string of the molecule is CCNC(=NCc1cccc(CSC)c1)NCC.I. The van der Waals surface area contributed by atoms with Crippen LogP contribution in [-0.2, 0) is 12.3 Å². The third-order valence-electron chi connectivity index (χ3n) is 2.41. The van der Waals surface area contributed by atoms with E-state index in [1.807, 2.05) is 11.8 Å². The summed E-state index contributed by atoms with van der Waals surface area (Å²) in [5, 5.41) is 6.46. The fourth-order valence-corrected chi connectivity index (χ4v) is 2.18. The van der Waals surface area contributed by atoms with E-state index in [4.69, 9.17) is 0 Å². The molecule has 0 amide bonds. The van der Waals surface area contributed by atoms with Crippen LogP contribution in [0.25, 0.3) is 0 Å². The van der Waals surface area contributed by atoms with Crippen molar-refractivity contribution in [2.45, 2.75) is 26.1 Å². The molecule has 1 rings (SSSR count). The number of aliphatic imine (C=N–C) groups is 1. The van der Waals surface area contributed by atoms with Gasteiger partial charge in [0.05, 0.1) is 6.54 Å². The van der Waals surface area contributed by atoms with Crippen LogP contribution < -0.4 is 10.6 Å². The quantitative estimate of drug-likeness (QED) is 0.443. The largest absolute Gasteiger partial charge is 0.357 e. The summed E-state index contributed by atoms with van der Waals surface area (Å²) in [6.45, 7) is 6.64. The van der Waals surface area contributed by atoms with Crippen molar-refractivity contribution < 1.29 is 0 Å². The fraction of sp³-hybridized carbons (Fsp3) is 0.500. The molecule has 108 valence electrons. The normalized spacial score (nSPS) is 9.42. The van der Waals surface area contributed by atoms with Crippen molar-refractivity contribution in [3.05, 3.63) is 35.4 Å². The lowest BCUT2D eigenvalue weighted by Crippen LogP contribution is -2.36. The van der Waals surface area contributed by atoms with Gasteiger partial charge in [-0.2, -0.15) is 11.8 Å². The minimum Gasteiger partial charge on any atom is -0.357 e. The summed E-state index contributed by atoms with van der Waals surface area (Å²) in [7, 11) is 0. The molecule has 1 aromatic rings. The number of guanidine groups is 1. The van der Waals surface area contributed by atoms with Gasteiger partial charge in [-0.05, 0) is 31.2 Å². The molecule has 0 saturated carbocycles. The van der Waals surface area contributed by atoms with E-state index in [2.05, 4.69) is 60.0 Å². The van der Waals surface area contributed by atoms with Crippen molar-refractivity contribution >= 4 is 41.7 Å². The highest BCUT2D eigenvalue weighted by molar-refractivity contribution is 14.0. The Bertz CT molecular complexity index is 375. The summed E-state index contributed by atoms with van der Waals surface area (Å²) < 4.78 is 0. The summed E-state index contributed by atoms with van der Waals surface area (Å²) in [4.78, 5) is 4.56. The Hall–Kier alpha value is -0.430. The van der Waals surface area contributed by atoms with Crippen molar-refractivity contribution in [2.24, 2.45) is 4.99 Å².